The maximum Gasteiger partial charge on any atom is 0.262 e. The second kappa shape index (κ2) is 5.48. The first kappa shape index (κ1) is 13.9. The van der Waals surface area contributed by atoms with E-state index >= 15 is 0 Å². The van der Waals surface area contributed by atoms with Crippen molar-refractivity contribution >= 4 is 11.8 Å². The number of hydrogen-bond acceptors (Lipinski definition) is 4. The highest BCUT2D eigenvalue weighted by Crippen LogP contribution is 2.30. The Bertz CT molecular complexity index is 579. The molecule has 1 aromatic carbocycles. The number of ether oxygens (including phenoxy) is 1. The summed E-state index contributed by atoms with van der Waals surface area (Å²) in [6.45, 7) is 1.86. The van der Waals surface area contributed by atoms with Crippen LogP contribution in [0.2, 0.25) is 0 Å². The molecule has 5 nitrogen and oxygen atoms in total. The average molecular weight is 300 g/mol. The number of amides is 2. The Hall–Kier alpha value is -1.72. The molecule has 0 aromatic heterocycles. The molecule has 2 fully saturated rings. The van der Waals surface area contributed by atoms with Gasteiger partial charge in [-0.3, -0.25) is 19.4 Å². The molecule has 0 radical (unpaired) electrons. The molecular weight excluding hydrogens is 280 g/mol. The van der Waals surface area contributed by atoms with Gasteiger partial charge in [0.15, 0.2) is 0 Å². The van der Waals surface area contributed by atoms with Gasteiger partial charge in [0, 0.05) is 12.6 Å². The third kappa shape index (κ3) is 2.16. The standard InChI is InChI=1S/C17H20N2O3/c20-16-12-5-1-2-6-13(12)17(21)19(16)11-18-9-10-22-15-8-4-3-7-14(15)18/h1-2,5-6,14-15H,3-4,7-11H2/t14-,15+/m0/s1. The lowest BCUT2D eigenvalue weighted by Crippen LogP contribution is -2.56. The van der Waals surface area contributed by atoms with Crippen molar-refractivity contribution in [3.63, 3.8) is 0 Å². The third-order valence-electron chi connectivity index (χ3n) is 5.05. The highest BCUT2D eigenvalue weighted by molar-refractivity contribution is 6.21. The molecule has 1 saturated heterocycles. The monoisotopic (exact) mass is 300 g/mol. The molecule has 1 aromatic rings. The van der Waals surface area contributed by atoms with Gasteiger partial charge in [-0.2, -0.15) is 0 Å². The van der Waals surface area contributed by atoms with E-state index in [-0.39, 0.29) is 17.9 Å². The zero-order valence-electron chi connectivity index (χ0n) is 12.5. The summed E-state index contributed by atoms with van der Waals surface area (Å²) >= 11 is 0. The predicted octanol–water partition coefficient (Wildman–Crippen LogP) is 1.88. The number of rotatable bonds is 2. The molecule has 1 aliphatic carbocycles. The van der Waals surface area contributed by atoms with E-state index in [0.29, 0.717) is 30.4 Å². The summed E-state index contributed by atoms with van der Waals surface area (Å²) in [6.07, 6.45) is 4.85. The van der Waals surface area contributed by atoms with Gasteiger partial charge in [-0.25, -0.2) is 0 Å². The average Bonchev–Trinajstić information content (AvgIpc) is 2.81. The van der Waals surface area contributed by atoms with E-state index in [1.54, 1.807) is 24.3 Å². The molecule has 0 bridgehead atoms. The Labute approximate surface area is 129 Å². The lowest BCUT2D eigenvalue weighted by atomic mass is 9.90. The number of imide groups is 1. The summed E-state index contributed by atoms with van der Waals surface area (Å²) in [5.41, 5.74) is 1.06. The van der Waals surface area contributed by atoms with E-state index in [1.165, 1.54) is 17.7 Å². The van der Waals surface area contributed by atoms with Gasteiger partial charge in [0.2, 0.25) is 0 Å². The normalized spacial score (nSPS) is 28.6. The van der Waals surface area contributed by atoms with Crippen molar-refractivity contribution in [3.8, 4) is 0 Å². The zero-order valence-corrected chi connectivity index (χ0v) is 12.5. The molecule has 2 heterocycles. The van der Waals surface area contributed by atoms with Crippen molar-refractivity contribution in [2.45, 2.75) is 37.8 Å². The number of nitrogens with zero attached hydrogens (tertiary/aromatic N) is 2. The lowest BCUT2D eigenvalue weighted by molar-refractivity contribution is -0.0966. The van der Waals surface area contributed by atoms with Crippen molar-refractivity contribution in [1.29, 1.82) is 0 Å². The summed E-state index contributed by atoms with van der Waals surface area (Å²) in [6, 6.07) is 7.42. The summed E-state index contributed by atoms with van der Waals surface area (Å²) < 4.78 is 5.86. The van der Waals surface area contributed by atoms with Crippen LogP contribution in [0.3, 0.4) is 0 Å². The zero-order chi connectivity index (χ0) is 15.1. The molecule has 2 amide bonds. The van der Waals surface area contributed by atoms with Gasteiger partial charge in [0.1, 0.15) is 0 Å². The maximum atomic E-state index is 12.5. The minimum atomic E-state index is -0.167. The number of carbonyl (C=O) groups is 2. The van der Waals surface area contributed by atoms with Gasteiger partial charge in [-0.05, 0) is 25.0 Å². The van der Waals surface area contributed by atoms with Crippen LogP contribution in [0.5, 0.6) is 0 Å². The largest absolute Gasteiger partial charge is 0.375 e. The predicted molar refractivity (Wildman–Crippen MR) is 80.5 cm³/mol. The van der Waals surface area contributed by atoms with E-state index in [0.717, 1.165) is 19.4 Å². The molecule has 0 spiro atoms. The van der Waals surface area contributed by atoms with E-state index in [4.69, 9.17) is 4.74 Å². The van der Waals surface area contributed by atoms with Crippen LogP contribution in [0.1, 0.15) is 46.4 Å². The Morgan fingerprint density at radius 1 is 1.05 bits per heavy atom. The minimum Gasteiger partial charge on any atom is -0.375 e. The van der Waals surface area contributed by atoms with Crippen molar-refractivity contribution in [1.82, 2.24) is 9.80 Å². The smallest absolute Gasteiger partial charge is 0.262 e. The lowest BCUT2D eigenvalue weighted by Gasteiger charge is -2.44. The SMILES string of the molecule is O=C1c2ccccc2C(=O)N1CN1CCO[C@@H]2CCCC[C@@H]21. The van der Waals surface area contributed by atoms with Crippen molar-refractivity contribution < 1.29 is 14.3 Å². The molecule has 116 valence electrons. The van der Waals surface area contributed by atoms with Gasteiger partial charge >= 0.3 is 0 Å². The molecule has 2 aliphatic heterocycles. The highest BCUT2D eigenvalue weighted by atomic mass is 16.5. The molecule has 22 heavy (non-hydrogen) atoms. The number of carbonyl (C=O) groups excluding carboxylic acids is 2. The van der Waals surface area contributed by atoms with Crippen LogP contribution in [-0.4, -0.2) is 53.6 Å². The summed E-state index contributed by atoms with van der Waals surface area (Å²) in [7, 11) is 0. The van der Waals surface area contributed by atoms with Gasteiger partial charge in [-0.15, -0.1) is 0 Å². The fourth-order valence-electron chi connectivity index (χ4n) is 3.90. The van der Waals surface area contributed by atoms with Gasteiger partial charge in [0.05, 0.1) is 30.5 Å². The maximum absolute atomic E-state index is 12.5. The number of hydrogen-bond donors (Lipinski definition) is 0. The molecule has 2 atom stereocenters. The fraction of sp³-hybridized carbons (Fsp3) is 0.529. The fourth-order valence-corrected chi connectivity index (χ4v) is 3.90. The van der Waals surface area contributed by atoms with E-state index in [1.807, 2.05) is 0 Å². The number of benzene rings is 1. The van der Waals surface area contributed by atoms with E-state index in [9.17, 15) is 9.59 Å². The Morgan fingerprint density at radius 2 is 1.73 bits per heavy atom. The van der Waals surface area contributed by atoms with E-state index < -0.39 is 0 Å². The van der Waals surface area contributed by atoms with Crippen molar-refractivity contribution in [2.24, 2.45) is 0 Å². The minimum absolute atomic E-state index is 0.167. The molecule has 1 saturated carbocycles. The Kier molecular flexibility index (Phi) is 3.47. The molecule has 3 aliphatic rings. The quantitative estimate of drug-likeness (QED) is 0.783. The summed E-state index contributed by atoms with van der Waals surface area (Å²) in [4.78, 5) is 28.6. The Balaban J connectivity index is 1.54. The van der Waals surface area contributed by atoms with Crippen molar-refractivity contribution in [3.05, 3.63) is 35.4 Å². The van der Waals surface area contributed by atoms with Crippen LogP contribution < -0.4 is 0 Å². The second-order valence-electron chi connectivity index (χ2n) is 6.30. The first-order valence-electron chi connectivity index (χ1n) is 8.06. The van der Waals surface area contributed by atoms with Crippen LogP contribution in [0.15, 0.2) is 24.3 Å². The van der Waals surface area contributed by atoms with Gasteiger partial charge in [0.25, 0.3) is 11.8 Å². The topological polar surface area (TPSA) is 49.9 Å². The van der Waals surface area contributed by atoms with Crippen LogP contribution in [0.25, 0.3) is 0 Å². The molecule has 0 unspecified atom stereocenters. The van der Waals surface area contributed by atoms with Gasteiger partial charge < -0.3 is 4.74 Å². The Morgan fingerprint density at radius 3 is 2.45 bits per heavy atom. The van der Waals surface area contributed by atoms with Crippen molar-refractivity contribution in [2.75, 3.05) is 19.8 Å². The number of morpholine rings is 1. The first-order chi connectivity index (χ1) is 10.8. The highest BCUT2D eigenvalue weighted by Gasteiger charge is 2.40. The van der Waals surface area contributed by atoms with Gasteiger partial charge in [-0.1, -0.05) is 25.0 Å². The van der Waals surface area contributed by atoms with E-state index in [2.05, 4.69) is 4.90 Å². The molecular formula is C17H20N2O3. The van der Waals surface area contributed by atoms with Crippen LogP contribution in [0, 0.1) is 0 Å². The van der Waals surface area contributed by atoms with Crippen LogP contribution in [0.4, 0.5) is 0 Å². The molecule has 5 heteroatoms. The summed E-state index contributed by atoms with van der Waals surface area (Å²) in [5.74, 6) is -0.334. The van der Waals surface area contributed by atoms with Crippen LogP contribution in [-0.2, 0) is 4.74 Å². The molecule has 0 N–H and O–H groups in total. The first-order valence-corrected chi connectivity index (χ1v) is 8.06. The summed E-state index contributed by atoms with van der Waals surface area (Å²) in [5, 5.41) is 0. The molecule has 4 rings (SSSR count). The van der Waals surface area contributed by atoms with Crippen LogP contribution >= 0.6 is 0 Å². The second-order valence-corrected chi connectivity index (χ2v) is 6.30. The number of fused-ring (bicyclic) bond motifs is 2. The third-order valence-corrected chi connectivity index (χ3v) is 5.05.